The lowest BCUT2D eigenvalue weighted by Crippen LogP contribution is -2.47. The summed E-state index contributed by atoms with van der Waals surface area (Å²) in [5.41, 5.74) is 0.295. The molecule has 0 amide bonds. The molecule has 2 aromatic heterocycles. The molecular formula is C47H86N2O12. The number of aromatic nitrogens is 2. The number of aliphatic hydroxyl groups excluding tert-OH is 5. The Hall–Kier alpha value is -1.98. The van der Waals surface area contributed by atoms with Crippen LogP contribution in [0, 0.1) is 0 Å². The fourth-order valence-corrected chi connectivity index (χ4v) is 7.34. The van der Waals surface area contributed by atoms with Gasteiger partial charge in [-0.3, -0.25) is 0 Å². The fourth-order valence-electron chi connectivity index (χ4n) is 7.34. The summed E-state index contributed by atoms with van der Waals surface area (Å²) in [6.07, 6.45) is 13.8. The van der Waals surface area contributed by atoms with Crippen LogP contribution >= 0.6 is 0 Å². The van der Waals surface area contributed by atoms with Crippen LogP contribution in [-0.2, 0) is 23.7 Å². The first kappa shape index (κ1) is 55.2. The van der Waals surface area contributed by atoms with Crippen LogP contribution in [0.15, 0.2) is 27.7 Å². The van der Waals surface area contributed by atoms with Crippen molar-refractivity contribution >= 4 is 0 Å². The van der Waals surface area contributed by atoms with Crippen molar-refractivity contribution in [2.45, 2.75) is 264 Å². The maximum absolute atomic E-state index is 11.3. The van der Waals surface area contributed by atoms with Crippen molar-refractivity contribution < 1.29 is 58.1 Å². The highest BCUT2D eigenvalue weighted by molar-refractivity contribution is 5.11. The lowest BCUT2D eigenvalue weighted by atomic mass is 10.00. The maximum Gasteiger partial charge on any atom is 0.231 e. The lowest BCUT2D eigenvalue weighted by Gasteiger charge is -2.36. The third-order valence-electron chi connectivity index (χ3n) is 11.0. The van der Waals surface area contributed by atoms with Gasteiger partial charge in [0.2, 0.25) is 5.89 Å². The molecule has 0 radical (unpaired) electrons. The molecule has 61 heavy (non-hydrogen) atoms. The summed E-state index contributed by atoms with van der Waals surface area (Å²) in [6.45, 7) is 12.3. The highest BCUT2D eigenvalue weighted by Crippen LogP contribution is 2.34. The van der Waals surface area contributed by atoms with Gasteiger partial charge in [0, 0.05) is 6.42 Å². The molecule has 5 N–H and O–H groups in total. The Morgan fingerprint density at radius 2 is 0.967 bits per heavy atom. The predicted octanol–water partition coefficient (Wildman–Crippen LogP) is 10.4. The largest absolute Gasteiger partial charge is 0.445 e. The van der Waals surface area contributed by atoms with Crippen LogP contribution in [0.2, 0.25) is 0 Å². The van der Waals surface area contributed by atoms with Crippen molar-refractivity contribution in [1.82, 2.24) is 9.97 Å². The summed E-state index contributed by atoms with van der Waals surface area (Å²) >= 11 is 0. The zero-order valence-electron chi connectivity index (χ0n) is 38.7. The van der Waals surface area contributed by atoms with E-state index in [9.17, 15) is 25.5 Å². The van der Waals surface area contributed by atoms with Crippen molar-refractivity contribution in [2.75, 3.05) is 0 Å². The summed E-state index contributed by atoms with van der Waals surface area (Å²) in [5.74, 6) is 0.372. The number of aliphatic hydroxyl groups is 5. The van der Waals surface area contributed by atoms with Gasteiger partial charge in [-0.25, -0.2) is 9.97 Å². The molecule has 10 unspecified atom stereocenters. The maximum atomic E-state index is 11.3. The second kappa shape index (κ2) is 34.4. The van der Waals surface area contributed by atoms with Crippen molar-refractivity contribution in [3.05, 3.63) is 36.2 Å². The van der Waals surface area contributed by atoms with Crippen LogP contribution < -0.4 is 0 Å². The first-order valence-corrected chi connectivity index (χ1v) is 24.1. The normalized spacial score (nSPS) is 17.1. The van der Waals surface area contributed by atoms with Gasteiger partial charge in [-0.05, 0) is 71.1 Å². The van der Waals surface area contributed by atoms with E-state index < -0.39 is 62.0 Å². The van der Waals surface area contributed by atoms with E-state index in [4.69, 9.17) is 37.5 Å². The van der Waals surface area contributed by atoms with Gasteiger partial charge in [0.1, 0.15) is 24.2 Å². The second-order valence-electron chi connectivity index (χ2n) is 16.7. The van der Waals surface area contributed by atoms with Gasteiger partial charge < -0.3 is 58.1 Å². The van der Waals surface area contributed by atoms with Crippen molar-refractivity contribution in [3.8, 4) is 0 Å². The minimum atomic E-state index is -1.19. The van der Waals surface area contributed by atoms with Crippen molar-refractivity contribution in [2.24, 2.45) is 0 Å². The van der Waals surface area contributed by atoms with Crippen molar-refractivity contribution in [3.63, 3.8) is 0 Å². The fraction of sp³-hybridized carbons (Fsp3) is 0.872. The molecule has 356 valence electrons. The molecule has 10 atom stereocenters. The van der Waals surface area contributed by atoms with Crippen LogP contribution in [0.1, 0.15) is 232 Å². The van der Waals surface area contributed by atoms with Crippen LogP contribution in [0.25, 0.3) is 0 Å². The standard InChI is InChI=1S/C47H86N2O12/c1-7-12-17-18-19-20-25-30-44(54)61-46(39-32-48-34-56-39)47-49-36(33-55-47)37(58-41(51)27-22-14-9-3)31-38(59-42(52)28-23-15-10-4)45(60-43(53)29-24-16-11-5)35(6)57-40(50)26-21-13-8-2/h32-35,37-38,40-46,50-54H,7-31H2,1-6H3. The SMILES string of the molecule is CCCCCCCCCC(O)OC(c1cnco1)c1nc(C(CC(OC(O)CCCCC)C(OC(O)CCCCC)C(C)OC(O)CCCCC)OC(O)CCCCC)co1. The van der Waals surface area contributed by atoms with Gasteiger partial charge in [-0.15, -0.1) is 0 Å². The van der Waals surface area contributed by atoms with Gasteiger partial charge in [-0.1, -0.05) is 125 Å². The van der Waals surface area contributed by atoms with E-state index in [2.05, 4.69) is 39.6 Å². The van der Waals surface area contributed by atoms with Gasteiger partial charge in [0.05, 0.1) is 18.4 Å². The molecule has 0 saturated heterocycles. The molecular weight excluding hydrogens is 785 g/mol. The van der Waals surface area contributed by atoms with E-state index in [1.165, 1.54) is 44.5 Å². The number of nitrogens with zero attached hydrogens (tertiary/aromatic N) is 2. The van der Waals surface area contributed by atoms with Crippen LogP contribution in [0.3, 0.4) is 0 Å². The molecule has 2 rings (SSSR count). The van der Waals surface area contributed by atoms with E-state index in [0.717, 1.165) is 96.3 Å². The topological polar surface area (TPSA) is 199 Å². The Morgan fingerprint density at radius 3 is 1.49 bits per heavy atom. The van der Waals surface area contributed by atoms with E-state index in [0.29, 0.717) is 37.8 Å². The molecule has 0 aliphatic heterocycles. The highest BCUT2D eigenvalue weighted by atomic mass is 16.7. The number of oxazole rings is 2. The Kier molecular flexibility index (Phi) is 31.1. The molecule has 2 heterocycles. The van der Waals surface area contributed by atoms with Gasteiger partial charge in [0.25, 0.3) is 0 Å². The third kappa shape index (κ3) is 24.0. The van der Waals surface area contributed by atoms with Crippen LogP contribution in [0.5, 0.6) is 0 Å². The molecule has 2 aromatic rings. The Balaban J connectivity index is 2.52. The first-order chi connectivity index (χ1) is 29.6. The third-order valence-corrected chi connectivity index (χ3v) is 11.0. The van der Waals surface area contributed by atoms with E-state index >= 15 is 0 Å². The molecule has 0 fully saturated rings. The molecule has 14 heteroatoms. The molecule has 0 bridgehead atoms. The number of rotatable bonds is 41. The first-order valence-electron chi connectivity index (χ1n) is 24.1. The Labute approximate surface area is 367 Å². The van der Waals surface area contributed by atoms with Crippen molar-refractivity contribution in [1.29, 1.82) is 0 Å². The molecule has 14 nitrogen and oxygen atoms in total. The number of ether oxygens (including phenoxy) is 5. The summed E-state index contributed by atoms with van der Waals surface area (Å²) in [4.78, 5) is 8.86. The second-order valence-corrected chi connectivity index (χ2v) is 16.7. The predicted molar refractivity (Wildman–Crippen MR) is 234 cm³/mol. The van der Waals surface area contributed by atoms with Gasteiger partial charge in [-0.2, -0.15) is 0 Å². The summed E-state index contributed by atoms with van der Waals surface area (Å²) in [5, 5.41) is 55.7. The number of hydrogen-bond donors (Lipinski definition) is 5. The molecule has 0 aliphatic rings. The monoisotopic (exact) mass is 871 g/mol. The lowest BCUT2D eigenvalue weighted by molar-refractivity contribution is -0.264. The van der Waals surface area contributed by atoms with E-state index in [1.807, 2.05) is 0 Å². The summed E-state index contributed by atoms with van der Waals surface area (Å²) < 4.78 is 43.0. The molecule has 0 aliphatic carbocycles. The number of hydrogen-bond acceptors (Lipinski definition) is 14. The van der Waals surface area contributed by atoms with Crippen LogP contribution in [-0.4, -0.2) is 85.3 Å². The van der Waals surface area contributed by atoms with Gasteiger partial charge in [0.15, 0.2) is 49.7 Å². The Morgan fingerprint density at radius 1 is 0.525 bits per heavy atom. The van der Waals surface area contributed by atoms with E-state index in [1.54, 1.807) is 6.92 Å². The summed E-state index contributed by atoms with van der Waals surface area (Å²) in [6, 6.07) is 0. The average Bonchev–Trinajstić information content (AvgIpc) is 3.95. The summed E-state index contributed by atoms with van der Waals surface area (Å²) in [7, 11) is 0. The van der Waals surface area contributed by atoms with Crippen LogP contribution in [0.4, 0.5) is 0 Å². The number of unbranched alkanes of at least 4 members (excludes halogenated alkanes) is 14. The molecule has 0 saturated carbocycles. The Bertz CT molecular complexity index is 1270. The molecule has 0 aromatic carbocycles. The highest BCUT2D eigenvalue weighted by Gasteiger charge is 2.38. The minimum Gasteiger partial charge on any atom is -0.445 e. The minimum absolute atomic E-state index is 0.0116. The smallest absolute Gasteiger partial charge is 0.231 e. The van der Waals surface area contributed by atoms with Gasteiger partial charge >= 0.3 is 0 Å². The zero-order valence-corrected chi connectivity index (χ0v) is 38.7. The zero-order chi connectivity index (χ0) is 44.7. The van der Waals surface area contributed by atoms with E-state index in [-0.39, 0.29) is 18.1 Å². The quantitative estimate of drug-likeness (QED) is 0.0312. The molecule has 0 spiro atoms. The average molecular weight is 871 g/mol.